The molecule has 0 radical (unpaired) electrons. The van der Waals surface area contributed by atoms with Gasteiger partial charge in [0, 0.05) is 5.57 Å². The van der Waals surface area contributed by atoms with Gasteiger partial charge in [0.15, 0.2) is 5.41 Å². The molecule has 21 heavy (non-hydrogen) atoms. The zero-order valence-corrected chi connectivity index (χ0v) is 12.4. The summed E-state index contributed by atoms with van der Waals surface area (Å²) in [5.74, 6) is -1.58. The van der Waals surface area contributed by atoms with Crippen LogP contribution in [0.1, 0.15) is 25.7 Å². The number of ether oxygens (including phenoxy) is 3. The van der Waals surface area contributed by atoms with Crippen molar-refractivity contribution in [3.63, 3.8) is 0 Å². The van der Waals surface area contributed by atoms with Crippen LogP contribution >= 0.6 is 0 Å². The lowest BCUT2D eigenvalue weighted by atomic mass is 9.83. The van der Waals surface area contributed by atoms with Gasteiger partial charge in [-0.15, -0.1) is 0 Å². The third-order valence-electron chi connectivity index (χ3n) is 4.11. The van der Waals surface area contributed by atoms with E-state index < -0.39 is 17.4 Å². The van der Waals surface area contributed by atoms with Crippen LogP contribution in [0.4, 0.5) is 0 Å². The van der Waals surface area contributed by atoms with E-state index in [1.54, 1.807) is 6.08 Å². The van der Waals surface area contributed by atoms with Crippen LogP contribution in [0.5, 0.6) is 0 Å². The second-order valence-corrected chi connectivity index (χ2v) is 5.21. The van der Waals surface area contributed by atoms with Gasteiger partial charge in [0.2, 0.25) is 0 Å². The Morgan fingerprint density at radius 3 is 2.10 bits per heavy atom. The van der Waals surface area contributed by atoms with E-state index in [1.165, 1.54) is 21.3 Å². The van der Waals surface area contributed by atoms with Crippen molar-refractivity contribution in [2.45, 2.75) is 25.7 Å². The summed E-state index contributed by atoms with van der Waals surface area (Å²) in [6.07, 6.45) is 3.38. The van der Waals surface area contributed by atoms with E-state index in [0.29, 0.717) is 18.4 Å². The van der Waals surface area contributed by atoms with Crippen molar-refractivity contribution in [2.24, 2.45) is 5.41 Å². The van der Waals surface area contributed by atoms with Gasteiger partial charge in [-0.2, -0.15) is 0 Å². The maximum absolute atomic E-state index is 12.1. The molecule has 6 nitrogen and oxygen atoms in total. The molecule has 2 rings (SSSR count). The highest BCUT2D eigenvalue weighted by Gasteiger charge is 2.53. The smallest absolute Gasteiger partial charge is 0.333 e. The highest BCUT2D eigenvalue weighted by atomic mass is 16.5. The molecule has 0 spiro atoms. The van der Waals surface area contributed by atoms with Gasteiger partial charge < -0.3 is 14.2 Å². The van der Waals surface area contributed by atoms with Crippen molar-refractivity contribution >= 4 is 17.9 Å². The fourth-order valence-corrected chi connectivity index (χ4v) is 3.02. The number of rotatable bonds is 3. The Kier molecular flexibility index (Phi) is 4.16. The van der Waals surface area contributed by atoms with Gasteiger partial charge in [-0.1, -0.05) is 5.57 Å². The summed E-state index contributed by atoms with van der Waals surface area (Å²) in [5, 5.41) is 0. The number of methoxy groups -OCH3 is 3. The van der Waals surface area contributed by atoms with E-state index in [9.17, 15) is 14.4 Å². The van der Waals surface area contributed by atoms with Gasteiger partial charge in [-0.05, 0) is 37.3 Å². The van der Waals surface area contributed by atoms with Crippen LogP contribution in [0, 0.1) is 5.41 Å². The number of carbonyl (C=O) groups is 3. The quantitative estimate of drug-likeness (QED) is 0.443. The summed E-state index contributed by atoms with van der Waals surface area (Å²) in [6, 6.07) is 0. The standard InChI is InChI=1S/C15H18O6/c1-19-12(16)9-4-5-10-7-15(13(17)20-2,14(18)21-3)8-11(10)6-9/h6H,4-5,7-8H2,1-3H3. The van der Waals surface area contributed by atoms with Crippen molar-refractivity contribution in [3.05, 3.63) is 22.8 Å². The molecule has 0 unspecified atom stereocenters. The number of hydrogen-bond acceptors (Lipinski definition) is 6. The Balaban J connectivity index is 2.32. The van der Waals surface area contributed by atoms with Crippen LogP contribution in [-0.4, -0.2) is 39.2 Å². The van der Waals surface area contributed by atoms with Gasteiger partial charge in [0.05, 0.1) is 21.3 Å². The van der Waals surface area contributed by atoms with E-state index in [2.05, 4.69) is 0 Å². The van der Waals surface area contributed by atoms with Gasteiger partial charge in [-0.3, -0.25) is 9.59 Å². The SMILES string of the molecule is COC(=O)C1=CC2=C(CC1)CC(C(=O)OC)(C(=O)OC)C2. The molecule has 2 aliphatic rings. The van der Waals surface area contributed by atoms with E-state index in [-0.39, 0.29) is 18.8 Å². The monoisotopic (exact) mass is 294 g/mol. The van der Waals surface area contributed by atoms with E-state index >= 15 is 0 Å². The predicted octanol–water partition coefficient (Wildman–Crippen LogP) is 1.30. The zero-order valence-electron chi connectivity index (χ0n) is 12.4. The van der Waals surface area contributed by atoms with Crippen LogP contribution in [0.15, 0.2) is 22.8 Å². The second-order valence-electron chi connectivity index (χ2n) is 5.21. The Hall–Kier alpha value is -2.11. The van der Waals surface area contributed by atoms with Crippen LogP contribution in [0.3, 0.4) is 0 Å². The predicted molar refractivity (Wildman–Crippen MR) is 72.1 cm³/mol. The summed E-state index contributed by atoms with van der Waals surface area (Å²) >= 11 is 0. The maximum atomic E-state index is 12.1. The minimum atomic E-state index is -1.32. The minimum absolute atomic E-state index is 0.197. The molecule has 0 heterocycles. The summed E-state index contributed by atoms with van der Waals surface area (Å²) in [7, 11) is 3.83. The lowest BCUT2D eigenvalue weighted by Crippen LogP contribution is -2.39. The molecule has 0 amide bonds. The van der Waals surface area contributed by atoms with Gasteiger partial charge in [-0.25, -0.2) is 4.79 Å². The molecule has 0 N–H and O–H groups in total. The summed E-state index contributed by atoms with van der Waals surface area (Å²) in [6.45, 7) is 0. The zero-order chi connectivity index (χ0) is 15.6. The van der Waals surface area contributed by atoms with E-state index in [4.69, 9.17) is 14.2 Å². The van der Waals surface area contributed by atoms with Crippen LogP contribution in [0.2, 0.25) is 0 Å². The molecular formula is C15H18O6. The number of carbonyl (C=O) groups excluding carboxylic acids is 3. The fraction of sp³-hybridized carbons (Fsp3) is 0.533. The third kappa shape index (κ3) is 2.46. The third-order valence-corrected chi connectivity index (χ3v) is 4.11. The van der Waals surface area contributed by atoms with Crippen LogP contribution < -0.4 is 0 Å². The average molecular weight is 294 g/mol. The largest absolute Gasteiger partial charge is 0.468 e. The van der Waals surface area contributed by atoms with Crippen molar-refractivity contribution in [3.8, 4) is 0 Å². The molecule has 6 heteroatoms. The van der Waals surface area contributed by atoms with Gasteiger partial charge >= 0.3 is 17.9 Å². The van der Waals surface area contributed by atoms with Crippen LogP contribution in [0.25, 0.3) is 0 Å². The maximum Gasteiger partial charge on any atom is 0.333 e. The summed E-state index contributed by atoms with van der Waals surface area (Å²) in [5.41, 5.74) is 1.06. The highest BCUT2D eigenvalue weighted by Crippen LogP contribution is 2.48. The Morgan fingerprint density at radius 2 is 1.57 bits per heavy atom. The first-order chi connectivity index (χ1) is 9.98. The molecule has 2 aliphatic carbocycles. The Bertz CT molecular complexity index is 539. The molecule has 0 aromatic carbocycles. The minimum Gasteiger partial charge on any atom is -0.468 e. The first kappa shape index (κ1) is 15.3. The number of esters is 3. The first-order valence-electron chi connectivity index (χ1n) is 6.65. The molecule has 0 atom stereocenters. The molecule has 0 bridgehead atoms. The molecule has 0 aromatic heterocycles. The van der Waals surface area contributed by atoms with Gasteiger partial charge in [0.1, 0.15) is 0 Å². The Morgan fingerprint density at radius 1 is 0.952 bits per heavy atom. The molecule has 0 aliphatic heterocycles. The van der Waals surface area contributed by atoms with E-state index in [0.717, 1.165) is 11.1 Å². The Labute approximate surface area is 122 Å². The fourth-order valence-electron chi connectivity index (χ4n) is 3.02. The first-order valence-corrected chi connectivity index (χ1v) is 6.65. The molecule has 0 saturated carbocycles. The van der Waals surface area contributed by atoms with Gasteiger partial charge in [0.25, 0.3) is 0 Å². The lowest BCUT2D eigenvalue weighted by Gasteiger charge is -2.23. The van der Waals surface area contributed by atoms with Crippen molar-refractivity contribution in [2.75, 3.05) is 21.3 Å². The highest BCUT2D eigenvalue weighted by molar-refractivity contribution is 6.02. The van der Waals surface area contributed by atoms with Crippen molar-refractivity contribution < 1.29 is 28.6 Å². The molecular weight excluding hydrogens is 276 g/mol. The normalized spacial score (nSPS) is 19.5. The van der Waals surface area contributed by atoms with Crippen molar-refractivity contribution in [1.29, 1.82) is 0 Å². The lowest BCUT2D eigenvalue weighted by molar-refractivity contribution is -0.168. The number of allylic oxidation sites excluding steroid dienone is 3. The van der Waals surface area contributed by atoms with Crippen molar-refractivity contribution in [1.82, 2.24) is 0 Å². The topological polar surface area (TPSA) is 78.9 Å². The second kappa shape index (κ2) is 5.71. The summed E-state index contributed by atoms with van der Waals surface area (Å²) in [4.78, 5) is 35.8. The number of hydrogen-bond donors (Lipinski definition) is 0. The molecule has 0 fully saturated rings. The molecule has 0 aromatic rings. The summed E-state index contributed by atoms with van der Waals surface area (Å²) < 4.78 is 14.3. The van der Waals surface area contributed by atoms with E-state index in [1.807, 2.05) is 0 Å². The average Bonchev–Trinajstić information content (AvgIpc) is 2.91. The molecule has 114 valence electrons. The molecule has 0 saturated heterocycles. The van der Waals surface area contributed by atoms with Crippen LogP contribution in [-0.2, 0) is 28.6 Å².